The van der Waals surface area contributed by atoms with E-state index in [1.165, 1.54) is 0 Å². The normalized spacial score (nSPS) is 11.4. The number of methoxy groups -OCH3 is 1. The SMILES string of the molecule is COc1ccc(C(=O)N/C(=C/c2cccc3ccccc23)C(=O)NCCc2c[nH]c3ccccc23)cc1. The molecule has 0 spiro atoms. The van der Waals surface area contributed by atoms with Gasteiger partial charge in [0.05, 0.1) is 7.11 Å². The fourth-order valence-corrected chi connectivity index (χ4v) is 4.37. The quantitative estimate of drug-likeness (QED) is 0.253. The zero-order valence-corrected chi connectivity index (χ0v) is 20.5. The lowest BCUT2D eigenvalue weighted by molar-refractivity contribution is -0.117. The Labute approximate surface area is 215 Å². The average Bonchev–Trinajstić information content (AvgIpc) is 3.36. The first kappa shape index (κ1) is 23.9. The van der Waals surface area contributed by atoms with Crippen LogP contribution in [-0.4, -0.2) is 30.5 Å². The van der Waals surface area contributed by atoms with E-state index in [-0.39, 0.29) is 17.5 Å². The van der Waals surface area contributed by atoms with Crippen LogP contribution in [0.25, 0.3) is 27.8 Å². The molecule has 0 aliphatic heterocycles. The largest absolute Gasteiger partial charge is 0.497 e. The van der Waals surface area contributed by atoms with Gasteiger partial charge in [-0.1, -0.05) is 60.7 Å². The van der Waals surface area contributed by atoms with Crippen molar-refractivity contribution in [1.82, 2.24) is 15.6 Å². The number of carbonyl (C=O) groups excluding carboxylic acids is 2. The van der Waals surface area contributed by atoms with Gasteiger partial charge in [0.1, 0.15) is 11.4 Å². The summed E-state index contributed by atoms with van der Waals surface area (Å²) in [5, 5.41) is 8.97. The summed E-state index contributed by atoms with van der Waals surface area (Å²) in [5.74, 6) is -0.0753. The second kappa shape index (κ2) is 10.8. The number of rotatable bonds is 8. The van der Waals surface area contributed by atoms with Gasteiger partial charge in [-0.25, -0.2) is 0 Å². The van der Waals surface area contributed by atoms with Gasteiger partial charge in [0.15, 0.2) is 0 Å². The highest BCUT2D eigenvalue weighted by Gasteiger charge is 2.16. The van der Waals surface area contributed by atoms with E-state index in [4.69, 9.17) is 4.74 Å². The van der Waals surface area contributed by atoms with E-state index in [1.807, 2.05) is 66.9 Å². The van der Waals surface area contributed by atoms with Crippen LogP contribution in [0.1, 0.15) is 21.5 Å². The number of benzene rings is 4. The molecule has 0 unspecified atom stereocenters. The number of aromatic nitrogens is 1. The number of ether oxygens (including phenoxy) is 1. The second-order valence-corrected chi connectivity index (χ2v) is 8.67. The average molecular weight is 490 g/mol. The number of hydrogen-bond donors (Lipinski definition) is 3. The molecule has 0 fully saturated rings. The van der Waals surface area contributed by atoms with Crippen LogP contribution >= 0.6 is 0 Å². The zero-order chi connectivity index (χ0) is 25.6. The monoisotopic (exact) mass is 489 g/mol. The Balaban J connectivity index is 1.39. The van der Waals surface area contributed by atoms with Gasteiger partial charge in [-0.3, -0.25) is 9.59 Å². The summed E-state index contributed by atoms with van der Waals surface area (Å²) in [6, 6.07) is 28.7. The molecule has 6 nitrogen and oxygen atoms in total. The number of aromatic amines is 1. The molecule has 37 heavy (non-hydrogen) atoms. The van der Waals surface area contributed by atoms with Gasteiger partial charge in [0, 0.05) is 29.2 Å². The van der Waals surface area contributed by atoms with Crippen molar-refractivity contribution in [3.8, 4) is 5.75 Å². The molecule has 0 saturated heterocycles. The molecule has 0 aliphatic carbocycles. The lowest BCUT2D eigenvalue weighted by Gasteiger charge is -2.12. The minimum Gasteiger partial charge on any atom is -0.497 e. The van der Waals surface area contributed by atoms with Gasteiger partial charge in [-0.05, 0) is 64.7 Å². The Morgan fingerprint density at radius 3 is 2.41 bits per heavy atom. The number of amides is 2. The third-order valence-corrected chi connectivity index (χ3v) is 6.32. The standard InChI is InChI=1S/C31H27N3O3/c1-37-25-15-13-22(14-16-25)30(35)34-29(19-23-9-6-8-21-7-2-3-10-26(21)23)31(36)32-18-17-24-20-33-28-12-5-4-11-27(24)28/h2-16,19-20,33H,17-18H2,1H3,(H,32,36)(H,34,35)/b29-19+. The molecule has 0 radical (unpaired) electrons. The predicted molar refractivity (Wildman–Crippen MR) is 147 cm³/mol. The van der Waals surface area contributed by atoms with Gasteiger partial charge in [0.2, 0.25) is 0 Å². The highest BCUT2D eigenvalue weighted by Crippen LogP contribution is 2.21. The molecular weight excluding hydrogens is 462 g/mol. The third kappa shape index (κ3) is 5.38. The lowest BCUT2D eigenvalue weighted by Crippen LogP contribution is -2.35. The van der Waals surface area contributed by atoms with Crippen LogP contribution < -0.4 is 15.4 Å². The highest BCUT2D eigenvalue weighted by atomic mass is 16.5. The first-order valence-electron chi connectivity index (χ1n) is 12.1. The smallest absolute Gasteiger partial charge is 0.267 e. The van der Waals surface area contributed by atoms with Crippen LogP contribution in [0.4, 0.5) is 0 Å². The van der Waals surface area contributed by atoms with E-state index in [9.17, 15) is 9.59 Å². The van der Waals surface area contributed by atoms with Crippen LogP contribution in [0.2, 0.25) is 0 Å². The van der Waals surface area contributed by atoms with Crippen LogP contribution in [-0.2, 0) is 11.2 Å². The molecule has 5 rings (SSSR count). The minimum atomic E-state index is -0.374. The number of para-hydroxylation sites is 1. The molecule has 0 aliphatic rings. The third-order valence-electron chi connectivity index (χ3n) is 6.32. The summed E-state index contributed by atoms with van der Waals surface area (Å²) in [6.07, 6.45) is 4.35. The topological polar surface area (TPSA) is 83.2 Å². The molecule has 4 aromatic carbocycles. The van der Waals surface area contributed by atoms with E-state index < -0.39 is 0 Å². The molecule has 6 heteroatoms. The molecule has 1 aromatic heterocycles. The van der Waals surface area contributed by atoms with Crippen molar-refractivity contribution in [2.75, 3.05) is 13.7 Å². The van der Waals surface area contributed by atoms with Gasteiger partial charge in [0.25, 0.3) is 11.8 Å². The van der Waals surface area contributed by atoms with Crippen molar-refractivity contribution in [3.05, 3.63) is 120 Å². The summed E-state index contributed by atoms with van der Waals surface area (Å²) in [5.41, 5.74) is 3.63. The first-order chi connectivity index (χ1) is 18.1. The molecule has 0 saturated carbocycles. The Hall–Kier alpha value is -4.84. The number of hydrogen-bond acceptors (Lipinski definition) is 3. The summed E-state index contributed by atoms with van der Waals surface area (Å²) in [4.78, 5) is 29.6. The van der Waals surface area contributed by atoms with Crippen LogP contribution in [0.5, 0.6) is 5.75 Å². The summed E-state index contributed by atoms with van der Waals surface area (Å²) in [6.45, 7) is 0.423. The molecule has 1 heterocycles. The molecule has 184 valence electrons. The first-order valence-corrected chi connectivity index (χ1v) is 12.1. The summed E-state index contributed by atoms with van der Waals surface area (Å²) < 4.78 is 5.18. The van der Waals surface area contributed by atoms with E-state index in [1.54, 1.807) is 37.5 Å². The Morgan fingerprint density at radius 1 is 0.865 bits per heavy atom. The summed E-state index contributed by atoms with van der Waals surface area (Å²) >= 11 is 0. The van der Waals surface area contributed by atoms with Crippen molar-refractivity contribution in [2.24, 2.45) is 0 Å². The number of fused-ring (bicyclic) bond motifs is 2. The summed E-state index contributed by atoms with van der Waals surface area (Å²) in [7, 11) is 1.57. The van der Waals surface area contributed by atoms with Gasteiger partial charge < -0.3 is 20.4 Å². The molecule has 5 aromatic rings. The molecule has 2 amide bonds. The number of H-pyrrole nitrogens is 1. The Kier molecular flexibility index (Phi) is 6.99. The molecular formula is C31H27N3O3. The second-order valence-electron chi connectivity index (χ2n) is 8.67. The maximum Gasteiger partial charge on any atom is 0.267 e. The fraction of sp³-hybridized carbons (Fsp3) is 0.0968. The fourth-order valence-electron chi connectivity index (χ4n) is 4.37. The van der Waals surface area contributed by atoms with Crippen molar-refractivity contribution in [1.29, 1.82) is 0 Å². The lowest BCUT2D eigenvalue weighted by atomic mass is 10.0. The van der Waals surface area contributed by atoms with Crippen molar-refractivity contribution in [2.45, 2.75) is 6.42 Å². The number of carbonyl (C=O) groups is 2. The van der Waals surface area contributed by atoms with Crippen molar-refractivity contribution >= 4 is 39.6 Å². The Morgan fingerprint density at radius 2 is 1.59 bits per heavy atom. The van der Waals surface area contributed by atoms with Crippen molar-refractivity contribution in [3.63, 3.8) is 0 Å². The minimum absolute atomic E-state index is 0.177. The van der Waals surface area contributed by atoms with Crippen molar-refractivity contribution < 1.29 is 14.3 Å². The van der Waals surface area contributed by atoms with Gasteiger partial charge in [-0.15, -0.1) is 0 Å². The van der Waals surface area contributed by atoms with Crippen LogP contribution in [0, 0.1) is 0 Å². The van der Waals surface area contributed by atoms with E-state index in [2.05, 4.69) is 21.7 Å². The molecule has 0 bridgehead atoms. The number of nitrogens with one attached hydrogen (secondary N) is 3. The van der Waals surface area contributed by atoms with Gasteiger partial charge in [-0.2, -0.15) is 0 Å². The molecule has 3 N–H and O–H groups in total. The van der Waals surface area contributed by atoms with E-state index in [0.29, 0.717) is 24.3 Å². The zero-order valence-electron chi connectivity index (χ0n) is 20.5. The maximum absolute atomic E-state index is 13.3. The Bertz CT molecular complexity index is 1590. The maximum atomic E-state index is 13.3. The van der Waals surface area contributed by atoms with Crippen LogP contribution in [0.3, 0.4) is 0 Å². The predicted octanol–water partition coefficient (Wildman–Crippen LogP) is 5.46. The van der Waals surface area contributed by atoms with E-state index >= 15 is 0 Å². The van der Waals surface area contributed by atoms with Gasteiger partial charge >= 0.3 is 0 Å². The van der Waals surface area contributed by atoms with E-state index in [0.717, 1.165) is 32.8 Å². The highest BCUT2D eigenvalue weighted by molar-refractivity contribution is 6.06. The van der Waals surface area contributed by atoms with Crippen LogP contribution in [0.15, 0.2) is 103 Å². The molecule has 0 atom stereocenters.